The third kappa shape index (κ3) is 3.13. The summed E-state index contributed by atoms with van der Waals surface area (Å²) >= 11 is 5.57. The average molecular weight is 324 g/mol. The molecule has 0 spiro atoms. The van der Waals surface area contributed by atoms with E-state index >= 15 is 0 Å². The SMILES string of the molecule is CC1=C2COC=C2CC(=O)C1CCN1CCC(C(=O)Cl)CC1. The van der Waals surface area contributed by atoms with Gasteiger partial charge < -0.3 is 9.64 Å². The molecule has 2 heterocycles. The zero-order valence-corrected chi connectivity index (χ0v) is 13.7. The lowest BCUT2D eigenvalue weighted by molar-refractivity contribution is -0.121. The number of carbonyl (C=O) groups is 2. The number of fused-ring (bicyclic) bond motifs is 1. The Labute approximate surface area is 136 Å². The molecule has 1 aliphatic carbocycles. The van der Waals surface area contributed by atoms with E-state index in [-0.39, 0.29) is 17.1 Å². The van der Waals surface area contributed by atoms with Gasteiger partial charge in [0.25, 0.3) is 0 Å². The van der Waals surface area contributed by atoms with Crippen molar-refractivity contribution in [3.05, 3.63) is 23.0 Å². The van der Waals surface area contributed by atoms with Crippen LogP contribution < -0.4 is 0 Å². The molecule has 1 atom stereocenters. The topological polar surface area (TPSA) is 46.6 Å². The molecule has 0 saturated carbocycles. The lowest BCUT2D eigenvalue weighted by Crippen LogP contribution is -2.37. The maximum Gasteiger partial charge on any atom is 0.224 e. The molecule has 3 aliphatic rings. The smallest absolute Gasteiger partial charge is 0.224 e. The Morgan fingerprint density at radius 3 is 2.82 bits per heavy atom. The fourth-order valence-corrected chi connectivity index (χ4v) is 3.96. The van der Waals surface area contributed by atoms with Crippen molar-refractivity contribution < 1.29 is 14.3 Å². The van der Waals surface area contributed by atoms with Gasteiger partial charge in [0, 0.05) is 23.8 Å². The van der Waals surface area contributed by atoms with Crippen molar-refractivity contribution in [2.45, 2.75) is 32.6 Å². The number of likely N-dealkylation sites (tertiary alicyclic amines) is 1. The first-order chi connectivity index (χ1) is 10.6. The highest BCUT2D eigenvalue weighted by molar-refractivity contribution is 6.63. The second-order valence-corrected chi connectivity index (χ2v) is 6.89. The zero-order valence-electron chi connectivity index (χ0n) is 12.9. The van der Waals surface area contributed by atoms with Gasteiger partial charge in [0.2, 0.25) is 5.24 Å². The molecule has 120 valence electrons. The summed E-state index contributed by atoms with van der Waals surface area (Å²) in [6.45, 7) is 5.39. The lowest BCUT2D eigenvalue weighted by atomic mass is 9.79. The molecule has 0 amide bonds. The van der Waals surface area contributed by atoms with E-state index in [1.54, 1.807) is 6.26 Å². The Kier molecular flexibility index (Phi) is 4.69. The number of ether oxygens (including phenoxy) is 1. The van der Waals surface area contributed by atoms with Crippen molar-refractivity contribution in [2.75, 3.05) is 26.2 Å². The summed E-state index contributed by atoms with van der Waals surface area (Å²) < 4.78 is 5.36. The minimum absolute atomic E-state index is 0.0152. The molecule has 1 fully saturated rings. The number of ketones is 1. The monoisotopic (exact) mass is 323 g/mol. The molecule has 5 heteroatoms. The Bertz CT molecular complexity index is 544. The number of Topliss-reactive ketones (excluding diaryl/α,β-unsaturated/α-hetero) is 1. The molecule has 0 aromatic carbocycles. The summed E-state index contributed by atoms with van der Waals surface area (Å²) in [7, 11) is 0. The molecule has 2 aliphatic heterocycles. The van der Waals surface area contributed by atoms with E-state index in [1.165, 1.54) is 11.1 Å². The number of allylic oxidation sites excluding steroid dienone is 1. The van der Waals surface area contributed by atoms with Crippen LogP contribution in [0.3, 0.4) is 0 Å². The van der Waals surface area contributed by atoms with Gasteiger partial charge >= 0.3 is 0 Å². The van der Waals surface area contributed by atoms with Gasteiger partial charge in [-0.25, -0.2) is 0 Å². The normalized spacial score (nSPS) is 26.7. The number of hydrogen-bond acceptors (Lipinski definition) is 4. The Morgan fingerprint density at radius 2 is 2.14 bits per heavy atom. The van der Waals surface area contributed by atoms with Gasteiger partial charge in [-0.2, -0.15) is 0 Å². The maximum absolute atomic E-state index is 12.4. The van der Waals surface area contributed by atoms with Crippen molar-refractivity contribution in [2.24, 2.45) is 11.8 Å². The summed E-state index contributed by atoms with van der Waals surface area (Å²) in [6, 6.07) is 0. The van der Waals surface area contributed by atoms with Crippen molar-refractivity contribution >= 4 is 22.6 Å². The minimum Gasteiger partial charge on any atom is -0.496 e. The van der Waals surface area contributed by atoms with Gasteiger partial charge in [-0.1, -0.05) is 5.57 Å². The maximum atomic E-state index is 12.4. The molecule has 3 rings (SSSR count). The van der Waals surface area contributed by atoms with Crippen LogP contribution in [0.4, 0.5) is 0 Å². The fourth-order valence-electron chi connectivity index (χ4n) is 3.74. The number of carbonyl (C=O) groups excluding carboxylic acids is 2. The molecule has 0 aromatic heterocycles. The average Bonchev–Trinajstić information content (AvgIpc) is 2.96. The number of hydrogen-bond donors (Lipinski definition) is 0. The molecule has 1 unspecified atom stereocenters. The van der Waals surface area contributed by atoms with E-state index in [1.807, 2.05) is 0 Å². The first-order valence-electron chi connectivity index (χ1n) is 8.01. The highest BCUT2D eigenvalue weighted by Gasteiger charge is 2.33. The van der Waals surface area contributed by atoms with Crippen LogP contribution in [0.1, 0.15) is 32.6 Å². The fraction of sp³-hybridized carbons (Fsp3) is 0.647. The third-order valence-corrected chi connectivity index (χ3v) is 5.54. The molecule has 22 heavy (non-hydrogen) atoms. The summed E-state index contributed by atoms with van der Waals surface area (Å²) in [5.74, 6) is 0.353. The van der Waals surface area contributed by atoms with E-state index in [2.05, 4.69) is 11.8 Å². The highest BCUT2D eigenvalue weighted by atomic mass is 35.5. The Hall–Kier alpha value is -1.13. The number of halogens is 1. The minimum atomic E-state index is -0.205. The van der Waals surface area contributed by atoms with Crippen LogP contribution in [0.5, 0.6) is 0 Å². The van der Waals surface area contributed by atoms with E-state index in [9.17, 15) is 9.59 Å². The largest absolute Gasteiger partial charge is 0.496 e. The van der Waals surface area contributed by atoms with Gasteiger partial charge in [-0.3, -0.25) is 9.59 Å². The predicted molar refractivity (Wildman–Crippen MR) is 84.5 cm³/mol. The number of rotatable bonds is 4. The van der Waals surface area contributed by atoms with Gasteiger partial charge in [0.15, 0.2) is 0 Å². The van der Waals surface area contributed by atoms with Crippen molar-refractivity contribution in [3.8, 4) is 0 Å². The van der Waals surface area contributed by atoms with Gasteiger partial charge in [0.05, 0.1) is 6.26 Å². The Balaban J connectivity index is 1.56. The third-order valence-electron chi connectivity index (χ3n) is 5.24. The van der Waals surface area contributed by atoms with Crippen LogP contribution >= 0.6 is 11.6 Å². The van der Waals surface area contributed by atoms with E-state index in [0.29, 0.717) is 18.8 Å². The molecule has 0 aromatic rings. The van der Waals surface area contributed by atoms with E-state index in [4.69, 9.17) is 16.3 Å². The summed E-state index contributed by atoms with van der Waals surface area (Å²) in [5, 5.41) is -0.205. The number of piperidine rings is 1. The summed E-state index contributed by atoms with van der Waals surface area (Å²) in [5.41, 5.74) is 3.49. The van der Waals surface area contributed by atoms with E-state index in [0.717, 1.165) is 44.5 Å². The quantitative estimate of drug-likeness (QED) is 0.746. The Morgan fingerprint density at radius 1 is 1.41 bits per heavy atom. The lowest BCUT2D eigenvalue weighted by Gasteiger charge is -2.32. The first kappa shape index (κ1) is 15.8. The second kappa shape index (κ2) is 6.55. The van der Waals surface area contributed by atoms with Crippen LogP contribution in [0.25, 0.3) is 0 Å². The highest BCUT2D eigenvalue weighted by Crippen LogP contribution is 2.36. The van der Waals surface area contributed by atoms with Gasteiger partial charge in [-0.15, -0.1) is 0 Å². The molecule has 4 nitrogen and oxygen atoms in total. The van der Waals surface area contributed by atoms with Crippen molar-refractivity contribution in [1.82, 2.24) is 4.90 Å². The first-order valence-corrected chi connectivity index (χ1v) is 8.39. The summed E-state index contributed by atoms with van der Waals surface area (Å²) in [6.07, 6.45) is 4.78. The van der Waals surface area contributed by atoms with E-state index < -0.39 is 0 Å². The second-order valence-electron chi connectivity index (χ2n) is 6.52. The van der Waals surface area contributed by atoms with Crippen LogP contribution in [0.2, 0.25) is 0 Å². The van der Waals surface area contributed by atoms with Crippen LogP contribution in [0.15, 0.2) is 23.0 Å². The van der Waals surface area contributed by atoms with Crippen LogP contribution in [0, 0.1) is 11.8 Å². The molecule has 0 radical (unpaired) electrons. The molecule has 0 bridgehead atoms. The van der Waals surface area contributed by atoms with Crippen molar-refractivity contribution in [1.29, 1.82) is 0 Å². The predicted octanol–water partition coefficient (Wildman–Crippen LogP) is 2.67. The van der Waals surface area contributed by atoms with Crippen LogP contribution in [-0.2, 0) is 14.3 Å². The number of nitrogens with zero attached hydrogens (tertiary/aromatic N) is 1. The zero-order chi connectivity index (χ0) is 15.7. The van der Waals surface area contributed by atoms with Crippen molar-refractivity contribution in [3.63, 3.8) is 0 Å². The molecular weight excluding hydrogens is 302 g/mol. The van der Waals surface area contributed by atoms with Gasteiger partial charge in [0.1, 0.15) is 12.4 Å². The van der Waals surface area contributed by atoms with Crippen LogP contribution in [-0.4, -0.2) is 42.2 Å². The van der Waals surface area contributed by atoms with Gasteiger partial charge in [-0.05, 0) is 63.0 Å². The summed E-state index contributed by atoms with van der Waals surface area (Å²) in [4.78, 5) is 25.9. The molecular formula is C17H22ClNO3. The molecule has 0 N–H and O–H groups in total. The standard InChI is InChI=1S/C17H22ClNO3/c1-11-14(16(20)8-13-9-22-10-15(11)13)4-7-19-5-2-12(3-6-19)17(18)21/h9,12,14H,2-8,10H2,1H3. The molecule has 1 saturated heterocycles.